The van der Waals surface area contributed by atoms with Crippen molar-refractivity contribution in [2.24, 2.45) is 0 Å². The van der Waals surface area contributed by atoms with Crippen molar-refractivity contribution in [1.29, 1.82) is 0 Å². The van der Waals surface area contributed by atoms with Gasteiger partial charge in [0.2, 0.25) is 0 Å². The van der Waals surface area contributed by atoms with Crippen LogP contribution in [0.2, 0.25) is 0 Å². The first-order valence-corrected chi connectivity index (χ1v) is 12.6. The minimum Gasteiger partial charge on any atom is -0.208 e. The van der Waals surface area contributed by atoms with Crippen molar-refractivity contribution in [2.45, 2.75) is 39.0 Å². The molecule has 176 valence electrons. The standard InChI is InChI=1S/C33H29N3/c1-21(2)24-15-17-26-27-18-16-25(20-29(27)33(3,4)28(26)19-24)32-35-30(22-11-7-5-8-12-22)34-31(36-32)23-13-9-6-10-14-23/h5-21H,1-4H3. The fourth-order valence-corrected chi connectivity index (χ4v) is 5.19. The highest BCUT2D eigenvalue weighted by molar-refractivity contribution is 5.83. The quantitative estimate of drug-likeness (QED) is 0.267. The summed E-state index contributed by atoms with van der Waals surface area (Å²) in [4.78, 5) is 14.7. The van der Waals surface area contributed by atoms with Crippen LogP contribution in [0.1, 0.15) is 50.3 Å². The number of hydrogen-bond donors (Lipinski definition) is 0. The molecule has 3 nitrogen and oxygen atoms in total. The van der Waals surface area contributed by atoms with Gasteiger partial charge >= 0.3 is 0 Å². The van der Waals surface area contributed by atoms with Crippen molar-refractivity contribution in [3.8, 4) is 45.3 Å². The van der Waals surface area contributed by atoms with Gasteiger partial charge in [0.05, 0.1) is 0 Å². The Morgan fingerprint density at radius 2 is 1.00 bits per heavy atom. The van der Waals surface area contributed by atoms with E-state index in [9.17, 15) is 0 Å². The smallest absolute Gasteiger partial charge is 0.164 e. The zero-order valence-electron chi connectivity index (χ0n) is 21.2. The van der Waals surface area contributed by atoms with Crippen LogP contribution in [0.3, 0.4) is 0 Å². The van der Waals surface area contributed by atoms with Crippen LogP contribution in [0.15, 0.2) is 97.1 Å². The summed E-state index contributed by atoms with van der Waals surface area (Å²) in [5, 5.41) is 0. The Morgan fingerprint density at radius 3 is 1.53 bits per heavy atom. The van der Waals surface area contributed by atoms with E-state index in [1.165, 1.54) is 27.8 Å². The molecule has 0 aliphatic heterocycles. The van der Waals surface area contributed by atoms with Crippen LogP contribution in [-0.2, 0) is 5.41 Å². The average Bonchev–Trinajstić information content (AvgIpc) is 3.15. The van der Waals surface area contributed by atoms with Gasteiger partial charge in [-0.2, -0.15) is 0 Å². The van der Waals surface area contributed by atoms with E-state index in [0.29, 0.717) is 23.4 Å². The first-order valence-electron chi connectivity index (χ1n) is 12.6. The lowest BCUT2D eigenvalue weighted by atomic mass is 9.81. The Bertz CT molecular complexity index is 1510. The zero-order valence-corrected chi connectivity index (χ0v) is 21.2. The molecule has 0 N–H and O–H groups in total. The SMILES string of the molecule is CC(C)c1ccc2c(c1)C(C)(C)c1cc(-c3nc(-c4ccccc4)nc(-c4ccccc4)n3)ccc1-2. The van der Waals surface area contributed by atoms with Crippen molar-refractivity contribution in [1.82, 2.24) is 15.0 Å². The summed E-state index contributed by atoms with van der Waals surface area (Å²) in [6, 6.07) is 33.9. The van der Waals surface area contributed by atoms with Crippen molar-refractivity contribution in [3.63, 3.8) is 0 Å². The Balaban J connectivity index is 1.51. The molecule has 5 aromatic rings. The molecule has 6 rings (SSSR count). The Kier molecular flexibility index (Phi) is 5.30. The summed E-state index contributed by atoms with van der Waals surface area (Å²) < 4.78 is 0. The summed E-state index contributed by atoms with van der Waals surface area (Å²) in [5.74, 6) is 2.57. The van der Waals surface area contributed by atoms with E-state index in [1.807, 2.05) is 60.7 Å². The van der Waals surface area contributed by atoms with Crippen molar-refractivity contribution in [2.75, 3.05) is 0 Å². The van der Waals surface area contributed by atoms with E-state index < -0.39 is 0 Å². The molecular weight excluding hydrogens is 438 g/mol. The van der Waals surface area contributed by atoms with E-state index in [1.54, 1.807) is 0 Å². The zero-order chi connectivity index (χ0) is 24.9. The van der Waals surface area contributed by atoms with Gasteiger partial charge in [-0.15, -0.1) is 0 Å². The molecule has 1 aromatic heterocycles. The minimum absolute atomic E-state index is 0.0941. The lowest BCUT2D eigenvalue weighted by molar-refractivity contribution is 0.658. The van der Waals surface area contributed by atoms with Crippen LogP contribution in [0.5, 0.6) is 0 Å². The molecule has 0 atom stereocenters. The highest BCUT2D eigenvalue weighted by Crippen LogP contribution is 2.50. The first-order chi connectivity index (χ1) is 17.4. The second-order valence-corrected chi connectivity index (χ2v) is 10.4. The molecule has 1 aliphatic carbocycles. The molecule has 0 amide bonds. The van der Waals surface area contributed by atoms with Gasteiger partial charge in [-0.25, -0.2) is 15.0 Å². The molecule has 0 unspecified atom stereocenters. The average molecular weight is 468 g/mol. The van der Waals surface area contributed by atoms with Crippen LogP contribution in [0, 0.1) is 0 Å². The van der Waals surface area contributed by atoms with Crippen LogP contribution < -0.4 is 0 Å². The monoisotopic (exact) mass is 467 g/mol. The largest absolute Gasteiger partial charge is 0.208 e. The summed E-state index contributed by atoms with van der Waals surface area (Å²) in [7, 11) is 0. The fourth-order valence-electron chi connectivity index (χ4n) is 5.19. The molecule has 0 spiro atoms. The van der Waals surface area contributed by atoms with Crippen LogP contribution in [0.25, 0.3) is 45.3 Å². The van der Waals surface area contributed by atoms with Gasteiger partial charge in [0, 0.05) is 22.1 Å². The highest BCUT2D eigenvalue weighted by atomic mass is 15.0. The van der Waals surface area contributed by atoms with Crippen LogP contribution in [-0.4, -0.2) is 15.0 Å². The molecule has 1 heterocycles. The third-order valence-electron chi connectivity index (χ3n) is 7.32. The molecule has 0 saturated carbocycles. The molecular formula is C33H29N3. The number of aromatic nitrogens is 3. The van der Waals surface area contributed by atoms with Gasteiger partial charge in [0.1, 0.15) is 0 Å². The second kappa shape index (κ2) is 8.53. The van der Waals surface area contributed by atoms with Gasteiger partial charge < -0.3 is 0 Å². The summed E-state index contributed by atoms with van der Waals surface area (Å²) in [6.07, 6.45) is 0. The molecule has 0 saturated heterocycles. The third kappa shape index (κ3) is 3.72. The Hall–Kier alpha value is -4.11. The van der Waals surface area contributed by atoms with Crippen molar-refractivity contribution >= 4 is 0 Å². The second-order valence-electron chi connectivity index (χ2n) is 10.4. The number of benzene rings is 4. The molecule has 0 bridgehead atoms. The predicted molar refractivity (Wildman–Crippen MR) is 148 cm³/mol. The van der Waals surface area contributed by atoms with E-state index in [0.717, 1.165) is 16.7 Å². The van der Waals surface area contributed by atoms with E-state index in [-0.39, 0.29) is 5.41 Å². The maximum absolute atomic E-state index is 4.94. The summed E-state index contributed by atoms with van der Waals surface area (Å²) in [6.45, 7) is 9.15. The van der Waals surface area contributed by atoms with Crippen molar-refractivity contribution in [3.05, 3.63) is 114 Å². The number of rotatable bonds is 4. The highest BCUT2D eigenvalue weighted by Gasteiger charge is 2.36. The lowest BCUT2D eigenvalue weighted by Crippen LogP contribution is -2.15. The van der Waals surface area contributed by atoms with E-state index in [4.69, 9.17) is 15.0 Å². The fraction of sp³-hybridized carbons (Fsp3) is 0.182. The molecule has 0 radical (unpaired) electrons. The summed E-state index contributed by atoms with van der Waals surface area (Å²) >= 11 is 0. The lowest BCUT2D eigenvalue weighted by Gasteiger charge is -2.23. The molecule has 3 heteroatoms. The van der Waals surface area contributed by atoms with Gasteiger partial charge in [0.15, 0.2) is 17.5 Å². The first kappa shape index (κ1) is 22.4. The van der Waals surface area contributed by atoms with Gasteiger partial charge in [-0.3, -0.25) is 0 Å². The Morgan fingerprint density at radius 1 is 0.528 bits per heavy atom. The molecule has 1 aliphatic rings. The van der Waals surface area contributed by atoms with E-state index >= 15 is 0 Å². The van der Waals surface area contributed by atoms with Gasteiger partial charge in [-0.05, 0) is 39.8 Å². The topological polar surface area (TPSA) is 38.7 Å². The molecule has 4 aromatic carbocycles. The molecule has 0 fully saturated rings. The normalized spacial score (nSPS) is 13.5. The van der Waals surface area contributed by atoms with Gasteiger partial charge in [0.25, 0.3) is 0 Å². The Labute approximate surface area is 213 Å². The maximum Gasteiger partial charge on any atom is 0.164 e. The predicted octanol–water partition coefficient (Wildman–Crippen LogP) is 8.30. The maximum atomic E-state index is 4.94. The van der Waals surface area contributed by atoms with Gasteiger partial charge in [-0.1, -0.05) is 119 Å². The van der Waals surface area contributed by atoms with E-state index in [2.05, 4.69) is 64.1 Å². The number of hydrogen-bond acceptors (Lipinski definition) is 3. The minimum atomic E-state index is -0.0941. The van der Waals surface area contributed by atoms with Crippen LogP contribution in [0.4, 0.5) is 0 Å². The summed E-state index contributed by atoms with van der Waals surface area (Å²) in [5.41, 5.74) is 9.60. The number of fused-ring (bicyclic) bond motifs is 3. The number of nitrogens with zero attached hydrogens (tertiary/aromatic N) is 3. The van der Waals surface area contributed by atoms with Crippen molar-refractivity contribution < 1.29 is 0 Å². The van der Waals surface area contributed by atoms with Crippen LogP contribution >= 0.6 is 0 Å². The third-order valence-corrected chi connectivity index (χ3v) is 7.32. The molecule has 36 heavy (non-hydrogen) atoms.